The minimum absolute atomic E-state index is 1.38. The van der Waals surface area contributed by atoms with E-state index in [1.54, 1.807) is 14.1 Å². The highest BCUT2D eigenvalue weighted by Crippen LogP contribution is 1.85. The third-order valence-corrected chi connectivity index (χ3v) is 2.35. The summed E-state index contributed by atoms with van der Waals surface area (Å²) in [6, 6.07) is 0. The average molecular weight is 137 g/mol. The van der Waals surface area contributed by atoms with Crippen LogP contribution in [0.1, 0.15) is 0 Å². The third kappa shape index (κ3) is 1.77. The summed E-state index contributed by atoms with van der Waals surface area (Å²) >= 11 is 0. The molecule has 2 N–H and O–H groups in total. The highest BCUT2D eigenvalue weighted by molar-refractivity contribution is 7.89. The van der Waals surface area contributed by atoms with Crippen LogP contribution in [0, 0.1) is 0 Å². The van der Waals surface area contributed by atoms with Gasteiger partial charge in [0.05, 0.1) is 0 Å². The van der Waals surface area contributed by atoms with Gasteiger partial charge in [0.25, 0.3) is 0 Å². The third-order valence-electron chi connectivity index (χ3n) is 0.785. The van der Waals surface area contributed by atoms with Crippen LogP contribution in [0.4, 0.5) is 0 Å². The zero-order valence-corrected chi connectivity index (χ0v) is 6.10. The Labute approximate surface area is 50.1 Å². The van der Waals surface area contributed by atoms with E-state index in [2.05, 4.69) is 4.36 Å². The molecule has 0 saturated heterocycles. The zero-order valence-electron chi connectivity index (χ0n) is 5.29. The Hall–Kier alpha value is -0.130. The molecule has 0 aromatic heterocycles. The molecule has 0 spiro atoms. The van der Waals surface area contributed by atoms with Crippen LogP contribution in [0.3, 0.4) is 0 Å². The van der Waals surface area contributed by atoms with Crippen LogP contribution >= 0.6 is 0 Å². The highest BCUT2D eigenvalue weighted by Gasteiger charge is 1.99. The monoisotopic (exact) mass is 137 g/mol. The van der Waals surface area contributed by atoms with Crippen LogP contribution in [-0.4, -0.2) is 29.7 Å². The maximum Gasteiger partial charge on any atom is 0.171 e. The molecular formula is C3H11N3OS. The van der Waals surface area contributed by atoms with E-state index < -0.39 is 10.1 Å². The lowest BCUT2D eigenvalue weighted by atomic mass is 11.3. The van der Waals surface area contributed by atoms with Gasteiger partial charge in [-0.3, -0.25) is 0 Å². The summed E-state index contributed by atoms with van der Waals surface area (Å²) in [4.78, 5) is 0. The van der Waals surface area contributed by atoms with E-state index in [9.17, 15) is 4.21 Å². The van der Waals surface area contributed by atoms with E-state index in [1.165, 1.54) is 11.4 Å². The summed E-state index contributed by atoms with van der Waals surface area (Å²) in [5.41, 5.74) is 0. The molecule has 8 heavy (non-hydrogen) atoms. The quantitative estimate of drug-likeness (QED) is 0.517. The fraction of sp³-hybridized carbons (Fsp3) is 1.00. The molecule has 0 aliphatic carbocycles. The Bertz CT molecular complexity index is 167. The molecule has 0 saturated carbocycles. The van der Waals surface area contributed by atoms with E-state index >= 15 is 0 Å². The smallest absolute Gasteiger partial charge is 0.171 e. The molecule has 0 aromatic rings. The van der Waals surface area contributed by atoms with Gasteiger partial charge in [0.15, 0.2) is 10.1 Å². The lowest BCUT2D eigenvalue weighted by molar-refractivity contribution is 0.593. The molecule has 0 aliphatic rings. The van der Waals surface area contributed by atoms with E-state index in [0.717, 1.165) is 0 Å². The number of hydrogen-bond donors (Lipinski definition) is 1. The highest BCUT2D eigenvalue weighted by atomic mass is 32.2. The van der Waals surface area contributed by atoms with Crippen LogP contribution in [0.25, 0.3) is 0 Å². The molecule has 1 atom stereocenters. The number of nitrogens with zero attached hydrogens (tertiary/aromatic N) is 2. The summed E-state index contributed by atoms with van der Waals surface area (Å²) < 4.78 is 15.6. The van der Waals surface area contributed by atoms with Gasteiger partial charge in [0.1, 0.15) is 0 Å². The fourth-order valence-electron chi connectivity index (χ4n) is 0.163. The summed E-state index contributed by atoms with van der Waals surface area (Å²) in [6.07, 6.45) is 0. The first-order valence-electron chi connectivity index (χ1n) is 2.11. The number of rotatable bonds is 1. The Kier molecular flexibility index (Phi) is 2.39. The van der Waals surface area contributed by atoms with Crippen LogP contribution in [0.2, 0.25) is 0 Å². The molecule has 50 valence electrons. The van der Waals surface area contributed by atoms with Crippen molar-refractivity contribution in [3.63, 3.8) is 0 Å². The van der Waals surface area contributed by atoms with Crippen molar-refractivity contribution in [2.75, 3.05) is 21.1 Å². The second-order valence-electron chi connectivity index (χ2n) is 1.53. The van der Waals surface area contributed by atoms with Gasteiger partial charge >= 0.3 is 0 Å². The molecule has 0 rings (SSSR count). The Morgan fingerprint density at radius 1 is 1.62 bits per heavy atom. The number of hydrogen-bond acceptors (Lipinski definition) is 2. The Balaban J connectivity index is 4.42. The zero-order chi connectivity index (χ0) is 6.78. The largest absolute Gasteiger partial charge is 0.232 e. The van der Waals surface area contributed by atoms with Crippen molar-refractivity contribution in [1.82, 2.24) is 4.31 Å². The van der Waals surface area contributed by atoms with Gasteiger partial charge < -0.3 is 0 Å². The van der Waals surface area contributed by atoms with Crippen LogP contribution in [0.15, 0.2) is 4.36 Å². The topological polar surface area (TPSA) is 58.7 Å². The van der Waals surface area contributed by atoms with E-state index in [0.29, 0.717) is 0 Å². The second kappa shape index (κ2) is 2.43. The minimum Gasteiger partial charge on any atom is -0.232 e. The minimum atomic E-state index is -2.53. The lowest BCUT2D eigenvalue weighted by Crippen LogP contribution is -2.29. The van der Waals surface area contributed by atoms with Crippen molar-refractivity contribution in [2.24, 2.45) is 9.50 Å². The van der Waals surface area contributed by atoms with Crippen molar-refractivity contribution in [3.8, 4) is 0 Å². The van der Waals surface area contributed by atoms with Gasteiger partial charge in [-0.25, -0.2) is 18.0 Å². The molecule has 0 heterocycles. The first-order valence-corrected chi connectivity index (χ1v) is 3.64. The molecule has 1 unspecified atom stereocenters. The van der Waals surface area contributed by atoms with Gasteiger partial charge in [-0.1, -0.05) is 0 Å². The maximum absolute atomic E-state index is 10.8. The Morgan fingerprint density at radius 2 is 2.00 bits per heavy atom. The number of nitrogens with two attached hydrogens (primary N) is 1. The first kappa shape index (κ1) is 7.87. The van der Waals surface area contributed by atoms with Crippen molar-refractivity contribution in [1.29, 1.82) is 0 Å². The van der Waals surface area contributed by atoms with Crippen molar-refractivity contribution >= 4 is 10.1 Å². The van der Waals surface area contributed by atoms with Crippen LogP contribution in [0.5, 0.6) is 0 Å². The van der Waals surface area contributed by atoms with Crippen LogP contribution in [-0.2, 0) is 10.1 Å². The predicted molar refractivity (Wildman–Crippen MR) is 34.4 cm³/mol. The maximum atomic E-state index is 10.8. The molecule has 0 fully saturated rings. The average Bonchev–Trinajstić information content (AvgIpc) is 1.67. The van der Waals surface area contributed by atoms with Crippen LogP contribution < -0.4 is 5.14 Å². The molecule has 0 bridgehead atoms. The molecule has 0 aliphatic heterocycles. The second-order valence-corrected chi connectivity index (χ2v) is 3.70. The van der Waals surface area contributed by atoms with Crippen molar-refractivity contribution in [2.45, 2.75) is 0 Å². The Morgan fingerprint density at radius 3 is 2.00 bits per heavy atom. The molecule has 0 aromatic carbocycles. The summed E-state index contributed by atoms with van der Waals surface area (Å²) in [5, 5.41) is 5.15. The molecule has 0 amide bonds. The van der Waals surface area contributed by atoms with Gasteiger partial charge in [0.2, 0.25) is 0 Å². The molecule has 0 radical (unpaired) electrons. The van der Waals surface area contributed by atoms with Gasteiger partial charge in [-0.05, 0) is 0 Å². The summed E-state index contributed by atoms with van der Waals surface area (Å²) in [5.74, 6) is 0. The standard InChI is InChI=1S/C3H11N3OS/c1-5-8(4,7)6(2)3/h1-3H3,(H2,4,5,7). The molecule has 5 heteroatoms. The van der Waals surface area contributed by atoms with E-state index in [-0.39, 0.29) is 0 Å². The predicted octanol–water partition coefficient (Wildman–Crippen LogP) is -0.565. The van der Waals surface area contributed by atoms with E-state index in [4.69, 9.17) is 5.14 Å². The normalized spacial score (nSPS) is 18.1. The first-order chi connectivity index (χ1) is 3.50. The van der Waals surface area contributed by atoms with Gasteiger partial charge in [-0.15, -0.1) is 0 Å². The summed E-state index contributed by atoms with van der Waals surface area (Å²) in [7, 11) is 2.15. The van der Waals surface area contributed by atoms with E-state index in [1.807, 2.05) is 0 Å². The van der Waals surface area contributed by atoms with Gasteiger partial charge in [0, 0.05) is 21.1 Å². The SMILES string of the molecule is CN=S(N)(=O)N(C)C. The molecule has 4 nitrogen and oxygen atoms in total. The van der Waals surface area contributed by atoms with Gasteiger partial charge in [-0.2, -0.15) is 0 Å². The molecular weight excluding hydrogens is 126 g/mol. The summed E-state index contributed by atoms with van der Waals surface area (Å²) in [6.45, 7) is 0. The van der Waals surface area contributed by atoms with Crippen molar-refractivity contribution < 1.29 is 4.21 Å². The van der Waals surface area contributed by atoms with Crippen molar-refractivity contribution in [3.05, 3.63) is 0 Å². The fourth-order valence-corrected chi connectivity index (χ4v) is 0.490. The lowest BCUT2D eigenvalue weighted by Gasteiger charge is -2.08.